The van der Waals surface area contributed by atoms with Crippen LogP contribution in [-0.4, -0.2) is 51.6 Å². The van der Waals surface area contributed by atoms with Gasteiger partial charge in [-0.15, -0.1) is 0 Å². The van der Waals surface area contributed by atoms with Gasteiger partial charge in [0.25, 0.3) is 5.91 Å². The number of carbonyl (C=O) groups is 2. The lowest BCUT2D eigenvalue weighted by molar-refractivity contribution is -0.362. The number of piperazine rings is 1. The third kappa shape index (κ3) is 1.53. The van der Waals surface area contributed by atoms with Gasteiger partial charge >= 0.3 is 0 Å². The molecule has 0 saturated carbocycles. The van der Waals surface area contributed by atoms with Gasteiger partial charge in [-0.25, -0.2) is 0 Å². The summed E-state index contributed by atoms with van der Waals surface area (Å²) in [4.78, 5) is 28.7. The molecule has 2 spiro atoms. The monoisotopic (exact) mass is 407 g/mol. The van der Waals surface area contributed by atoms with Crippen LogP contribution < -0.4 is 14.8 Å². The highest BCUT2D eigenvalue weighted by Crippen LogP contribution is 2.60. The Morgan fingerprint density at radius 2 is 2.00 bits per heavy atom. The Hall–Kier alpha value is -3.03. The average Bonchev–Trinajstić information content (AvgIpc) is 3.39. The Morgan fingerprint density at radius 1 is 1.23 bits per heavy atom. The van der Waals surface area contributed by atoms with Crippen LogP contribution in [0.4, 0.5) is 5.69 Å². The fraction of sp³-hybridized carbons (Fsp3) is 0.500. The molecule has 1 aromatic rings. The van der Waals surface area contributed by atoms with Crippen LogP contribution in [0.25, 0.3) is 5.57 Å². The van der Waals surface area contributed by atoms with E-state index >= 15 is 0 Å². The molecule has 6 heterocycles. The van der Waals surface area contributed by atoms with Crippen molar-refractivity contribution in [2.75, 3.05) is 13.3 Å². The van der Waals surface area contributed by atoms with Gasteiger partial charge in [0.15, 0.2) is 11.5 Å². The summed E-state index contributed by atoms with van der Waals surface area (Å²) in [6.07, 6.45) is 3.94. The molecule has 8 nitrogen and oxygen atoms in total. The maximum Gasteiger partial charge on any atom is 0.253 e. The van der Waals surface area contributed by atoms with E-state index in [1.165, 1.54) is 0 Å². The molecule has 1 unspecified atom stereocenters. The van der Waals surface area contributed by atoms with Gasteiger partial charge in [0, 0.05) is 12.5 Å². The first kappa shape index (κ1) is 16.7. The molecule has 6 aliphatic heterocycles. The lowest BCUT2D eigenvalue weighted by Gasteiger charge is -2.62. The first-order valence-corrected chi connectivity index (χ1v) is 10.5. The van der Waals surface area contributed by atoms with Gasteiger partial charge in [-0.1, -0.05) is 0 Å². The first-order valence-electron chi connectivity index (χ1n) is 10.5. The number of amides is 2. The van der Waals surface area contributed by atoms with Crippen molar-refractivity contribution in [3.05, 3.63) is 29.0 Å². The molecule has 4 saturated heterocycles. The number of carbonyl (C=O) groups excluding carboxylic acids is 2. The molecule has 1 N–H and O–H groups in total. The summed E-state index contributed by atoms with van der Waals surface area (Å²) in [5.74, 6) is 0.848. The molecular formula is C22H21N3O5. The zero-order valence-electron chi connectivity index (χ0n) is 16.8. The van der Waals surface area contributed by atoms with Crippen molar-refractivity contribution in [1.82, 2.24) is 10.2 Å². The maximum absolute atomic E-state index is 13.7. The lowest BCUT2D eigenvalue weighted by Crippen LogP contribution is -2.83. The van der Waals surface area contributed by atoms with Gasteiger partial charge < -0.3 is 24.9 Å². The Bertz CT molecular complexity index is 1170. The van der Waals surface area contributed by atoms with E-state index in [4.69, 9.17) is 9.47 Å². The summed E-state index contributed by atoms with van der Waals surface area (Å²) in [5.41, 5.74) is 0.0712. The third-order valence-corrected chi connectivity index (χ3v) is 8.23. The number of rotatable bonds is 0. The molecule has 2 bridgehead atoms. The van der Waals surface area contributed by atoms with Crippen LogP contribution >= 0.6 is 0 Å². The molecule has 8 rings (SSSR count). The predicted octanol–water partition coefficient (Wildman–Crippen LogP) is 1.68. The van der Waals surface area contributed by atoms with E-state index < -0.39 is 16.5 Å². The number of ether oxygens (including phenoxy) is 2. The number of piperidine rings is 2. The van der Waals surface area contributed by atoms with Crippen LogP contribution in [0.15, 0.2) is 18.2 Å². The number of allylic oxidation sites excluding steroid dienone is 1. The molecule has 0 aromatic heterocycles. The summed E-state index contributed by atoms with van der Waals surface area (Å²) < 4.78 is 12.0. The summed E-state index contributed by atoms with van der Waals surface area (Å²) in [6.45, 7) is 4.78. The van der Waals surface area contributed by atoms with E-state index in [2.05, 4.69) is 5.32 Å². The van der Waals surface area contributed by atoms with Gasteiger partial charge in [-0.3, -0.25) is 9.59 Å². The second-order valence-electron chi connectivity index (χ2n) is 9.82. The van der Waals surface area contributed by atoms with Crippen LogP contribution in [0.3, 0.4) is 0 Å². The van der Waals surface area contributed by atoms with Crippen LogP contribution in [-0.2, 0) is 9.59 Å². The van der Waals surface area contributed by atoms with Crippen molar-refractivity contribution in [2.45, 2.75) is 44.2 Å². The SMILES string of the molecule is CC1(C)C2=[N+]([O-])c3cc4c(cc3C2=C[C@@]23NC(=O)[C@]5(CCCN5C2=O)CC13)OCO4. The van der Waals surface area contributed by atoms with Gasteiger partial charge in [-0.05, 0) is 45.3 Å². The first-order chi connectivity index (χ1) is 14.3. The van der Waals surface area contributed by atoms with Gasteiger partial charge in [0.2, 0.25) is 24.1 Å². The third-order valence-electron chi connectivity index (χ3n) is 8.23. The normalized spacial score (nSPS) is 36.3. The number of fused-ring (bicyclic) bond motifs is 5. The standard InChI is InChI=1S/C22H21N3O5/c1-20(2)16-9-21-4-3-5-24(21)19(27)22(16,23-18(21)26)8-12-11-6-14-15(30-10-29-14)7-13(11)25(28)17(12)20/h6-8,16H,3-5,9-10H2,1-2H3,(H,23,26)/t16?,21-,22-/m0/s1. The van der Waals surface area contributed by atoms with E-state index in [1.54, 1.807) is 11.0 Å². The Kier molecular flexibility index (Phi) is 2.60. The summed E-state index contributed by atoms with van der Waals surface area (Å²) >= 11 is 0. The zero-order chi connectivity index (χ0) is 20.6. The molecule has 8 heteroatoms. The van der Waals surface area contributed by atoms with Crippen LogP contribution in [0.1, 0.15) is 38.7 Å². The van der Waals surface area contributed by atoms with Gasteiger partial charge in [0.05, 0.1) is 22.6 Å². The van der Waals surface area contributed by atoms with Crippen molar-refractivity contribution in [3.8, 4) is 11.5 Å². The summed E-state index contributed by atoms with van der Waals surface area (Å²) in [6, 6.07) is 3.52. The number of benzene rings is 1. The predicted molar refractivity (Wildman–Crippen MR) is 105 cm³/mol. The van der Waals surface area contributed by atoms with Crippen molar-refractivity contribution in [2.24, 2.45) is 11.3 Å². The fourth-order valence-electron chi connectivity index (χ4n) is 6.87. The van der Waals surface area contributed by atoms with Crippen LogP contribution in [0.2, 0.25) is 0 Å². The molecule has 154 valence electrons. The quantitative estimate of drug-likeness (QED) is 0.522. The minimum absolute atomic E-state index is 0.0397. The molecule has 1 aliphatic carbocycles. The molecular weight excluding hydrogens is 386 g/mol. The van der Waals surface area contributed by atoms with Crippen molar-refractivity contribution >= 4 is 28.8 Å². The second-order valence-corrected chi connectivity index (χ2v) is 9.82. The largest absolute Gasteiger partial charge is 0.618 e. The second kappa shape index (κ2) is 4.66. The van der Waals surface area contributed by atoms with E-state index in [-0.39, 0.29) is 24.5 Å². The van der Waals surface area contributed by atoms with Gasteiger partial charge in [0.1, 0.15) is 11.1 Å². The van der Waals surface area contributed by atoms with E-state index in [1.807, 2.05) is 26.0 Å². The minimum atomic E-state index is -1.12. The van der Waals surface area contributed by atoms with Crippen LogP contribution in [0, 0.1) is 16.5 Å². The number of nitrogens with one attached hydrogen (secondary N) is 1. The highest BCUT2D eigenvalue weighted by Gasteiger charge is 2.73. The molecule has 3 atom stereocenters. The topological polar surface area (TPSA) is 93.9 Å². The molecule has 4 fully saturated rings. The summed E-state index contributed by atoms with van der Waals surface area (Å²) in [5, 5.41) is 16.6. The molecule has 2 amide bonds. The van der Waals surface area contributed by atoms with E-state index in [0.717, 1.165) is 16.7 Å². The maximum atomic E-state index is 13.7. The molecule has 0 radical (unpaired) electrons. The minimum Gasteiger partial charge on any atom is -0.618 e. The highest BCUT2D eigenvalue weighted by molar-refractivity contribution is 6.30. The average molecular weight is 407 g/mol. The van der Waals surface area contributed by atoms with Crippen LogP contribution in [0.5, 0.6) is 11.5 Å². The van der Waals surface area contributed by atoms with Gasteiger partial charge in [-0.2, -0.15) is 4.74 Å². The Labute approximate surface area is 172 Å². The van der Waals surface area contributed by atoms with Crippen molar-refractivity contribution < 1.29 is 23.8 Å². The highest BCUT2D eigenvalue weighted by atomic mass is 16.7. The summed E-state index contributed by atoms with van der Waals surface area (Å²) in [7, 11) is 0. The fourth-order valence-corrected chi connectivity index (χ4v) is 6.87. The smallest absolute Gasteiger partial charge is 0.253 e. The Morgan fingerprint density at radius 3 is 2.80 bits per heavy atom. The van der Waals surface area contributed by atoms with Crippen molar-refractivity contribution in [1.29, 1.82) is 0 Å². The number of nitrogens with zero attached hydrogens (tertiary/aromatic N) is 2. The lowest BCUT2D eigenvalue weighted by atomic mass is 9.51. The number of hydrogen-bond acceptors (Lipinski definition) is 5. The Balaban J connectivity index is 1.51. The van der Waals surface area contributed by atoms with Crippen molar-refractivity contribution in [3.63, 3.8) is 0 Å². The van der Waals surface area contributed by atoms with E-state index in [0.29, 0.717) is 47.9 Å². The molecule has 30 heavy (non-hydrogen) atoms. The number of hydrogen-bond donors (Lipinski definition) is 1. The molecule has 7 aliphatic rings. The zero-order valence-corrected chi connectivity index (χ0v) is 16.8. The molecule has 1 aromatic carbocycles. The van der Waals surface area contributed by atoms with E-state index in [9.17, 15) is 14.8 Å².